The minimum Gasteiger partial charge on any atom is -0.508 e. The molecule has 0 bridgehead atoms. The van der Waals surface area contributed by atoms with Crippen LogP contribution in [0.2, 0.25) is 0 Å². The number of rotatable bonds is 9. The summed E-state index contributed by atoms with van der Waals surface area (Å²) in [5.41, 5.74) is 5.06. The van der Waals surface area contributed by atoms with Crippen LogP contribution in [0.5, 0.6) is 5.75 Å². The number of benzene rings is 4. The van der Waals surface area contributed by atoms with Gasteiger partial charge in [-0.15, -0.1) is 0 Å². The van der Waals surface area contributed by atoms with Crippen molar-refractivity contribution in [2.45, 2.75) is 56.1 Å². The maximum absolute atomic E-state index is 13.4. The monoisotopic (exact) mass is 613 g/mol. The number of phenolic OH excluding ortho intramolecular Hbond substituents is 1. The Morgan fingerprint density at radius 1 is 0.909 bits per heavy atom. The van der Waals surface area contributed by atoms with Gasteiger partial charge in [-0.25, -0.2) is 4.39 Å². The lowest BCUT2D eigenvalue weighted by Gasteiger charge is -2.50. The van der Waals surface area contributed by atoms with E-state index in [1.165, 1.54) is 12.1 Å². The van der Waals surface area contributed by atoms with Crippen molar-refractivity contribution < 1.29 is 29.6 Å². The molecule has 0 amide bonds. The number of hydrogen-bond acceptors (Lipinski definition) is 6. The first-order chi connectivity index (χ1) is 21.3. The highest BCUT2D eigenvalue weighted by Gasteiger charge is 2.46. The SMILES string of the molecule is OCC1CC(O)CC(c2ccc(-c3ccc(C4C(CCC(O)c5ccc(F)cc5)C(=S)N4c4ccccc4)c(O)c3)cc2)O1. The van der Waals surface area contributed by atoms with Crippen LogP contribution in [0, 0.1) is 11.7 Å². The molecule has 2 saturated heterocycles. The van der Waals surface area contributed by atoms with E-state index in [1.54, 1.807) is 18.2 Å². The van der Waals surface area contributed by atoms with Crippen molar-refractivity contribution in [1.82, 2.24) is 0 Å². The van der Waals surface area contributed by atoms with Gasteiger partial charge >= 0.3 is 0 Å². The Bertz CT molecular complexity index is 1580. The summed E-state index contributed by atoms with van der Waals surface area (Å²) >= 11 is 5.88. The number of anilines is 1. The van der Waals surface area contributed by atoms with E-state index < -0.39 is 12.2 Å². The van der Waals surface area contributed by atoms with Crippen molar-refractivity contribution in [3.63, 3.8) is 0 Å². The summed E-state index contributed by atoms with van der Waals surface area (Å²) in [7, 11) is 0. The smallest absolute Gasteiger partial charge is 0.123 e. The van der Waals surface area contributed by atoms with Gasteiger partial charge in [0.15, 0.2) is 0 Å². The minimum absolute atomic E-state index is 0.0788. The summed E-state index contributed by atoms with van der Waals surface area (Å²) in [5, 5.41) is 41.9. The van der Waals surface area contributed by atoms with Gasteiger partial charge in [0.2, 0.25) is 0 Å². The number of hydrogen-bond donors (Lipinski definition) is 4. The summed E-state index contributed by atoms with van der Waals surface area (Å²) in [6.45, 7) is -0.125. The van der Waals surface area contributed by atoms with Crippen LogP contribution in [0.3, 0.4) is 0 Å². The van der Waals surface area contributed by atoms with E-state index in [1.807, 2.05) is 66.7 Å². The molecule has 2 aliphatic rings. The average molecular weight is 614 g/mol. The first kappa shape index (κ1) is 30.4. The molecule has 228 valence electrons. The molecule has 6 unspecified atom stereocenters. The quantitative estimate of drug-likeness (QED) is 0.155. The predicted molar refractivity (Wildman–Crippen MR) is 172 cm³/mol. The third-order valence-corrected chi connectivity index (χ3v) is 9.30. The molecule has 2 heterocycles. The van der Waals surface area contributed by atoms with E-state index in [0.29, 0.717) is 31.2 Å². The van der Waals surface area contributed by atoms with Crippen LogP contribution < -0.4 is 4.90 Å². The molecule has 4 aromatic carbocycles. The van der Waals surface area contributed by atoms with E-state index in [-0.39, 0.29) is 42.3 Å². The molecule has 6 rings (SSSR count). The van der Waals surface area contributed by atoms with Crippen LogP contribution in [0.25, 0.3) is 11.1 Å². The highest BCUT2D eigenvalue weighted by molar-refractivity contribution is 7.80. The first-order valence-corrected chi connectivity index (χ1v) is 15.4. The first-order valence-electron chi connectivity index (χ1n) is 15.0. The Kier molecular flexibility index (Phi) is 9.07. The van der Waals surface area contributed by atoms with Crippen LogP contribution >= 0.6 is 12.2 Å². The van der Waals surface area contributed by atoms with Crippen molar-refractivity contribution in [1.29, 1.82) is 0 Å². The molecule has 4 N–H and O–H groups in total. The molecule has 4 aromatic rings. The summed E-state index contributed by atoms with van der Waals surface area (Å²) in [4.78, 5) is 2.82. The zero-order chi connectivity index (χ0) is 30.8. The fraction of sp³-hybridized carbons (Fsp3) is 0.306. The topological polar surface area (TPSA) is 93.4 Å². The standard InChI is InChI=1S/C36H36FNO5S/c37-26-13-10-23(11-14-26)32(41)17-16-31-35(38(36(31)44)27-4-2-1-3-5-27)30-15-12-25(18-33(30)42)22-6-8-24(9-7-22)34-20-28(40)19-29(21-39)43-34/h1-15,18,28-29,31-32,34-35,39-42H,16-17,19-21H2. The summed E-state index contributed by atoms with van der Waals surface area (Å²) in [5.74, 6) is -0.262. The van der Waals surface area contributed by atoms with Crippen LogP contribution in [0.4, 0.5) is 10.1 Å². The maximum Gasteiger partial charge on any atom is 0.123 e. The number of para-hydroxylation sites is 1. The Hall–Kier alpha value is -3.66. The lowest BCUT2D eigenvalue weighted by molar-refractivity contribution is -0.113. The Labute approximate surface area is 262 Å². The molecule has 0 aromatic heterocycles. The maximum atomic E-state index is 13.4. The molecule has 0 radical (unpaired) electrons. The highest BCUT2D eigenvalue weighted by atomic mass is 32.1. The third kappa shape index (κ3) is 6.27. The van der Waals surface area contributed by atoms with Gasteiger partial charge in [-0.1, -0.05) is 78.9 Å². The van der Waals surface area contributed by atoms with E-state index in [2.05, 4.69) is 4.90 Å². The van der Waals surface area contributed by atoms with E-state index >= 15 is 0 Å². The van der Waals surface area contributed by atoms with Gasteiger partial charge in [0.1, 0.15) is 11.6 Å². The fourth-order valence-electron chi connectivity index (χ4n) is 6.44. The molecule has 6 nitrogen and oxygen atoms in total. The van der Waals surface area contributed by atoms with Crippen molar-refractivity contribution in [3.05, 3.63) is 120 Å². The van der Waals surface area contributed by atoms with Gasteiger partial charge in [0.05, 0.1) is 42.1 Å². The van der Waals surface area contributed by atoms with E-state index in [4.69, 9.17) is 17.0 Å². The molecule has 0 aliphatic carbocycles. The summed E-state index contributed by atoms with van der Waals surface area (Å²) in [6.07, 6.45) is 0.0305. The van der Waals surface area contributed by atoms with Gasteiger partial charge in [0, 0.05) is 30.0 Å². The molecule has 0 spiro atoms. The van der Waals surface area contributed by atoms with Gasteiger partial charge in [-0.3, -0.25) is 0 Å². The number of nitrogens with zero attached hydrogens (tertiary/aromatic N) is 1. The lowest BCUT2D eigenvalue weighted by Crippen LogP contribution is -2.54. The molecule has 44 heavy (non-hydrogen) atoms. The average Bonchev–Trinajstić information content (AvgIpc) is 3.04. The minimum atomic E-state index is -0.749. The molecule has 6 atom stereocenters. The Morgan fingerprint density at radius 2 is 1.61 bits per heavy atom. The van der Waals surface area contributed by atoms with Crippen molar-refractivity contribution >= 4 is 22.9 Å². The number of aliphatic hydroxyl groups is 3. The Morgan fingerprint density at radius 3 is 2.30 bits per heavy atom. The highest BCUT2D eigenvalue weighted by Crippen LogP contribution is 2.49. The zero-order valence-electron chi connectivity index (χ0n) is 24.2. The molecule has 2 aliphatic heterocycles. The van der Waals surface area contributed by atoms with Crippen molar-refractivity contribution in [2.75, 3.05) is 11.5 Å². The van der Waals surface area contributed by atoms with Crippen LogP contribution in [-0.4, -0.2) is 44.2 Å². The van der Waals surface area contributed by atoms with Gasteiger partial charge in [-0.05, 0) is 65.4 Å². The molecule has 0 saturated carbocycles. The second-order valence-electron chi connectivity index (χ2n) is 11.7. The summed E-state index contributed by atoms with van der Waals surface area (Å²) in [6, 6.07) is 29.1. The molecular formula is C36H36FNO5S. The van der Waals surface area contributed by atoms with E-state index in [0.717, 1.165) is 32.9 Å². The number of thiocarbonyl (C=S) groups is 1. The number of aromatic hydroxyl groups is 1. The zero-order valence-corrected chi connectivity index (χ0v) is 25.0. The van der Waals surface area contributed by atoms with Crippen LogP contribution in [0.1, 0.15) is 60.6 Å². The number of ether oxygens (including phenoxy) is 1. The predicted octanol–water partition coefficient (Wildman–Crippen LogP) is 6.79. The van der Waals surface area contributed by atoms with Gasteiger partial charge in [0.25, 0.3) is 0 Å². The fourth-order valence-corrected chi connectivity index (χ4v) is 6.90. The largest absolute Gasteiger partial charge is 0.508 e. The van der Waals surface area contributed by atoms with Crippen molar-refractivity contribution in [2.24, 2.45) is 5.92 Å². The van der Waals surface area contributed by atoms with Crippen LogP contribution in [-0.2, 0) is 4.74 Å². The second kappa shape index (κ2) is 13.1. The lowest BCUT2D eigenvalue weighted by atomic mass is 9.78. The van der Waals surface area contributed by atoms with Crippen LogP contribution in [0.15, 0.2) is 97.1 Å². The van der Waals surface area contributed by atoms with E-state index in [9.17, 15) is 24.8 Å². The number of aliphatic hydroxyl groups excluding tert-OH is 3. The normalized spacial score (nSPS) is 24.1. The Balaban J connectivity index is 1.22. The molecule has 8 heteroatoms. The summed E-state index contributed by atoms with van der Waals surface area (Å²) < 4.78 is 19.3. The van der Waals surface area contributed by atoms with Gasteiger partial charge < -0.3 is 30.1 Å². The van der Waals surface area contributed by atoms with Gasteiger partial charge in [-0.2, -0.15) is 0 Å². The number of halogens is 1. The number of phenols is 1. The second-order valence-corrected chi connectivity index (χ2v) is 12.1. The van der Waals surface area contributed by atoms with Crippen molar-refractivity contribution in [3.8, 4) is 16.9 Å². The molecular weight excluding hydrogens is 577 g/mol. The molecule has 2 fully saturated rings. The third-order valence-electron chi connectivity index (χ3n) is 8.80.